The average Bonchev–Trinajstić information content (AvgIpc) is 2.66. The van der Waals surface area contributed by atoms with E-state index in [1.807, 2.05) is 6.07 Å². The number of alkyl halides is 1. The molecule has 0 aliphatic rings. The summed E-state index contributed by atoms with van der Waals surface area (Å²) in [5, 5.41) is 12.8. The molecule has 1 atom stereocenters. The van der Waals surface area contributed by atoms with Crippen molar-refractivity contribution in [2.75, 3.05) is 11.1 Å². The molecule has 0 saturated carbocycles. The molecule has 0 radical (unpaired) electrons. The van der Waals surface area contributed by atoms with Gasteiger partial charge in [0.1, 0.15) is 36.3 Å². The van der Waals surface area contributed by atoms with Gasteiger partial charge in [0, 0.05) is 5.39 Å². The lowest BCUT2D eigenvalue weighted by atomic mass is 10.0. The largest absolute Gasteiger partial charge is 0.382 e. The average molecular weight is 365 g/mol. The van der Waals surface area contributed by atoms with Crippen molar-refractivity contribution in [3.05, 3.63) is 53.0 Å². The van der Waals surface area contributed by atoms with Crippen LogP contribution in [-0.4, -0.2) is 20.9 Å². The van der Waals surface area contributed by atoms with Crippen LogP contribution in [-0.2, 0) is 6.67 Å². The molecule has 136 valence electrons. The monoisotopic (exact) mass is 365 g/mol. The van der Waals surface area contributed by atoms with E-state index in [9.17, 15) is 14.4 Å². The van der Waals surface area contributed by atoms with Crippen LogP contribution in [0.5, 0.6) is 0 Å². The van der Waals surface area contributed by atoms with Crippen molar-refractivity contribution in [2.45, 2.75) is 19.6 Å². The van der Waals surface area contributed by atoms with Gasteiger partial charge in [0.25, 0.3) is 5.91 Å². The fourth-order valence-corrected chi connectivity index (χ4v) is 2.81. The Balaban J connectivity index is 2.10. The van der Waals surface area contributed by atoms with Crippen LogP contribution in [0.25, 0.3) is 10.9 Å². The fourth-order valence-electron chi connectivity index (χ4n) is 2.81. The first-order valence-corrected chi connectivity index (χ1v) is 8.01. The number of benzene rings is 1. The predicted molar refractivity (Wildman–Crippen MR) is 98.3 cm³/mol. The Bertz CT molecular complexity index is 1080. The van der Waals surface area contributed by atoms with Crippen molar-refractivity contribution in [2.24, 2.45) is 5.73 Å². The normalized spacial score (nSPS) is 11.7. The summed E-state index contributed by atoms with van der Waals surface area (Å²) in [5.41, 5.74) is 12.8. The highest BCUT2D eigenvalue weighted by molar-refractivity contribution is 5.98. The molecule has 0 saturated heterocycles. The van der Waals surface area contributed by atoms with Gasteiger partial charge < -0.3 is 16.8 Å². The lowest BCUT2D eigenvalue weighted by Crippen LogP contribution is -2.20. The Labute approximate surface area is 154 Å². The number of nitrogens with one attached hydrogen (secondary N) is 1. The first-order valence-electron chi connectivity index (χ1n) is 8.01. The van der Waals surface area contributed by atoms with Gasteiger partial charge in [-0.15, -0.1) is 0 Å². The molecule has 8 nitrogen and oxygen atoms in total. The molecule has 1 aromatic carbocycles. The summed E-state index contributed by atoms with van der Waals surface area (Å²) < 4.78 is 13.2. The summed E-state index contributed by atoms with van der Waals surface area (Å²) in [6.07, 6.45) is 1.22. The summed E-state index contributed by atoms with van der Waals surface area (Å²) in [7, 11) is 0. The van der Waals surface area contributed by atoms with E-state index in [1.165, 1.54) is 12.4 Å². The Morgan fingerprint density at radius 3 is 2.85 bits per heavy atom. The SMILES string of the molecule is CC(Nc1ncnc(N)c1C#N)c1nc2cccc(CF)c2cc1C(N)=O. The minimum absolute atomic E-state index is 0.0383. The topological polar surface area (TPSA) is 144 Å². The van der Waals surface area contributed by atoms with Gasteiger partial charge in [0.15, 0.2) is 0 Å². The van der Waals surface area contributed by atoms with E-state index in [1.54, 1.807) is 25.1 Å². The fraction of sp³-hybridized carbons (Fsp3) is 0.167. The van der Waals surface area contributed by atoms with Gasteiger partial charge in [0.2, 0.25) is 0 Å². The maximum atomic E-state index is 13.2. The lowest BCUT2D eigenvalue weighted by Gasteiger charge is -2.18. The number of rotatable bonds is 5. The number of primary amides is 1. The highest BCUT2D eigenvalue weighted by Gasteiger charge is 2.20. The van der Waals surface area contributed by atoms with Crippen LogP contribution in [0.2, 0.25) is 0 Å². The van der Waals surface area contributed by atoms with Gasteiger partial charge in [-0.05, 0) is 24.6 Å². The Morgan fingerprint density at radius 2 is 2.19 bits per heavy atom. The van der Waals surface area contributed by atoms with Crippen LogP contribution in [0.3, 0.4) is 0 Å². The molecule has 0 bridgehead atoms. The number of fused-ring (bicyclic) bond motifs is 1. The third kappa shape index (κ3) is 3.32. The second-order valence-corrected chi connectivity index (χ2v) is 5.86. The molecule has 1 amide bonds. The molecule has 27 heavy (non-hydrogen) atoms. The summed E-state index contributed by atoms with van der Waals surface area (Å²) in [6, 6.07) is 7.97. The Morgan fingerprint density at radius 1 is 1.41 bits per heavy atom. The zero-order valence-electron chi connectivity index (χ0n) is 14.4. The van der Waals surface area contributed by atoms with Crippen molar-refractivity contribution < 1.29 is 9.18 Å². The number of carbonyl (C=O) groups is 1. The molecule has 1 unspecified atom stereocenters. The molecule has 0 aliphatic carbocycles. The molecule has 2 aromatic heterocycles. The third-order valence-corrected chi connectivity index (χ3v) is 4.14. The Hall–Kier alpha value is -3.80. The first kappa shape index (κ1) is 18.0. The molecule has 9 heteroatoms. The number of nitrogens with zero attached hydrogens (tertiary/aromatic N) is 4. The third-order valence-electron chi connectivity index (χ3n) is 4.14. The number of hydrogen-bond acceptors (Lipinski definition) is 7. The number of hydrogen-bond donors (Lipinski definition) is 3. The van der Waals surface area contributed by atoms with E-state index in [4.69, 9.17) is 11.5 Å². The number of carbonyl (C=O) groups excluding carboxylic acids is 1. The molecule has 2 heterocycles. The van der Waals surface area contributed by atoms with Crippen LogP contribution in [0.4, 0.5) is 16.0 Å². The van der Waals surface area contributed by atoms with Gasteiger partial charge in [-0.1, -0.05) is 12.1 Å². The molecular weight excluding hydrogens is 349 g/mol. The van der Waals surface area contributed by atoms with Crippen LogP contribution >= 0.6 is 0 Å². The lowest BCUT2D eigenvalue weighted by molar-refractivity contribution is 0.0999. The molecule has 5 N–H and O–H groups in total. The maximum Gasteiger partial charge on any atom is 0.250 e. The molecule has 3 aromatic rings. The summed E-state index contributed by atoms with van der Waals surface area (Å²) in [6.45, 7) is 1.05. The number of pyridine rings is 1. The van der Waals surface area contributed by atoms with Crippen LogP contribution < -0.4 is 16.8 Å². The maximum absolute atomic E-state index is 13.2. The molecule has 0 spiro atoms. The van der Waals surface area contributed by atoms with Crippen LogP contribution in [0, 0.1) is 11.3 Å². The van der Waals surface area contributed by atoms with Crippen molar-refractivity contribution in [1.29, 1.82) is 5.26 Å². The van der Waals surface area contributed by atoms with E-state index in [2.05, 4.69) is 20.3 Å². The van der Waals surface area contributed by atoms with Crippen LogP contribution in [0.15, 0.2) is 30.6 Å². The highest BCUT2D eigenvalue weighted by Crippen LogP contribution is 2.27. The molecular formula is C18H16FN7O. The standard InChI is InChI=1S/C18H16FN7O/c1-9(25-18-13(7-20)16(21)23-8-24-18)15-12(17(22)27)5-11-10(6-19)3-2-4-14(11)26-15/h2-5,8-9H,6H2,1H3,(H2,22,27)(H3,21,23,24,25). The second kappa shape index (κ2) is 7.21. The van der Waals surface area contributed by atoms with Crippen molar-refractivity contribution in [3.63, 3.8) is 0 Å². The molecule has 3 rings (SSSR count). The van der Waals surface area contributed by atoms with Gasteiger partial charge in [0.05, 0.1) is 22.8 Å². The molecule has 0 fully saturated rings. The predicted octanol–water partition coefficient (Wildman–Crippen LogP) is 2.22. The minimum atomic E-state index is -0.690. The van der Waals surface area contributed by atoms with E-state index < -0.39 is 18.6 Å². The number of nitriles is 1. The number of amides is 1. The zero-order chi connectivity index (χ0) is 19.6. The number of aromatic nitrogens is 3. The van der Waals surface area contributed by atoms with Crippen molar-refractivity contribution in [3.8, 4) is 6.07 Å². The first-order chi connectivity index (χ1) is 13.0. The highest BCUT2D eigenvalue weighted by atomic mass is 19.1. The zero-order valence-corrected chi connectivity index (χ0v) is 14.4. The van der Waals surface area contributed by atoms with Crippen molar-refractivity contribution in [1.82, 2.24) is 15.0 Å². The number of nitrogen functional groups attached to an aromatic ring is 1. The second-order valence-electron chi connectivity index (χ2n) is 5.86. The van der Waals surface area contributed by atoms with E-state index >= 15 is 0 Å². The number of nitrogens with two attached hydrogens (primary N) is 2. The number of halogens is 1. The van der Waals surface area contributed by atoms with Crippen molar-refractivity contribution >= 4 is 28.4 Å². The summed E-state index contributed by atoms with van der Waals surface area (Å²) >= 11 is 0. The van der Waals surface area contributed by atoms with Gasteiger partial charge in [-0.25, -0.2) is 19.3 Å². The molecule has 0 aliphatic heterocycles. The summed E-state index contributed by atoms with van der Waals surface area (Å²) in [4.78, 5) is 24.3. The van der Waals surface area contributed by atoms with Gasteiger partial charge in [-0.2, -0.15) is 5.26 Å². The quantitative estimate of drug-likeness (QED) is 0.629. The van der Waals surface area contributed by atoms with E-state index in [-0.39, 0.29) is 22.8 Å². The Kier molecular flexibility index (Phi) is 4.81. The summed E-state index contributed by atoms with van der Waals surface area (Å²) in [5.74, 6) is -0.437. The van der Waals surface area contributed by atoms with Crippen LogP contribution in [0.1, 0.15) is 40.1 Å². The van der Waals surface area contributed by atoms with E-state index in [0.717, 1.165) is 0 Å². The smallest absolute Gasteiger partial charge is 0.250 e. The van der Waals surface area contributed by atoms with Gasteiger partial charge in [-0.3, -0.25) is 4.79 Å². The number of anilines is 2. The van der Waals surface area contributed by atoms with E-state index in [0.29, 0.717) is 22.2 Å². The van der Waals surface area contributed by atoms with Gasteiger partial charge >= 0.3 is 0 Å². The minimum Gasteiger partial charge on any atom is -0.382 e.